The maximum Gasteiger partial charge on any atom is 0.414 e. The fourth-order valence-electron chi connectivity index (χ4n) is 3.06. The average molecular weight is 388 g/mol. The molecule has 3 amide bonds. The molecule has 27 heavy (non-hydrogen) atoms. The van der Waals surface area contributed by atoms with E-state index in [1.807, 2.05) is 0 Å². The van der Waals surface area contributed by atoms with Crippen LogP contribution >= 0.6 is 11.3 Å². The Morgan fingerprint density at radius 2 is 1.93 bits per heavy atom. The van der Waals surface area contributed by atoms with Gasteiger partial charge in [0.1, 0.15) is 10.8 Å². The Morgan fingerprint density at radius 1 is 1.15 bits per heavy atom. The number of carbonyl (C=O) groups excluding carboxylic acids is 3. The molecule has 3 rings (SSSR count). The van der Waals surface area contributed by atoms with Gasteiger partial charge in [0.05, 0.1) is 24.8 Å². The molecule has 1 aliphatic rings. The number of amides is 3. The van der Waals surface area contributed by atoms with Crippen molar-refractivity contribution < 1.29 is 23.9 Å². The highest BCUT2D eigenvalue weighted by molar-refractivity contribution is 7.17. The second-order valence-corrected chi connectivity index (χ2v) is 7.00. The highest BCUT2D eigenvalue weighted by Crippen LogP contribution is 2.39. The van der Waals surface area contributed by atoms with Gasteiger partial charge in [-0.1, -0.05) is 12.1 Å². The first-order valence-electron chi connectivity index (χ1n) is 8.62. The lowest BCUT2D eigenvalue weighted by molar-refractivity contribution is 0.0925. The van der Waals surface area contributed by atoms with Gasteiger partial charge in [0.2, 0.25) is 0 Å². The van der Waals surface area contributed by atoms with Crippen molar-refractivity contribution in [3.05, 3.63) is 45.8 Å². The van der Waals surface area contributed by atoms with Crippen molar-refractivity contribution in [2.24, 2.45) is 0 Å². The molecule has 1 aliphatic carbocycles. The van der Waals surface area contributed by atoms with Gasteiger partial charge in [-0.3, -0.25) is 14.9 Å². The van der Waals surface area contributed by atoms with E-state index in [9.17, 15) is 14.4 Å². The van der Waals surface area contributed by atoms with E-state index < -0.39 is 12.0 Å². The molecule has 2 aromatic rings. The van der Waals surface area contributed by atoms with Crippen molar-refractivity contribution >= 4 is 34.2 Å². The maximum atomic E-state index is 12.7. The molecule has 0 radical (unpaired) electrons. The minimum atomic E-state index is -0.803. The number of thiophene rings is 1. The standard InChI is InChI=1S/C19H20N2O5S/c1-3-26-19(24)21-17(23)15-12-8-6-10-14(12)27-18(15)20-16(22)11-7-4-5-9-13(11)25-2/h4-5,7,9H,3,6,8,10H2,1-2H3,(H,20,22)(H,21,23,24). The van der Waals surface area contributed by atoms with Crippen molar-refractivity contribution in [2.45, 2.75) is 26.2 Å². The molecule has 0 atom stereocenters. The first-order valence-corrected chi connectivity index (χ1v) is 9.43. The van der Waals surface area contributed by atoms with E-state index in [0.29, 0.717) is 21.9 Å². The molecule has 7 nitrogen and oxygen atoms in total. The van der Waals surface area contributed by atoms with Crippen LogP contribution in [0.15, 0.2) is 24.3 Å². The number of para-hydroxylation sites is 1. The second kappa shape index (κ2) is 8.22. The Morgan fingerprint density at radius 3 is 2.67 bits per heavy atom. The van der Waals surface area contributed by atoms with Crippen molar-refractivity contribution in [1.29, 1.82) is 0 Å². The lowest BCUT2D eigenvalue weighted by Gasteiger charge is -2.10. The third kappa shape index (κ3) is 3.95. The molecule has 0 saturated carbocycles. The molecule has 0 fully saturated rings. The molecule has 0 spiro atoms. The molecule has 1 aromatic carbocycles. The fraction of sp³-hybridized carbons (Fsp3) is 0.316. The van der Waals surface area contributed by atoms with Gasteiger partial charge in [0.15, 0.2) is 0 Å². The number of hydrogen-bond donors (Lipinski definition) is 2. The van der Waals surface area contributed by atoms with E-state index in [-0.39, 0.29) is 12.5 Å². The highest BCUT2D eigenvalue weighted by Gasteiger charge is 2.29. The van der Waals surface area contributed by atoms with Crippen molar-refractivity contribution in [1.82, 2.24) is 5.32 Å². The monoisotopic (exact) mass is 388 g/mol. The van der Waals surface area contributed by atoms with Crippen LogP contribution in [0.2, 0.25) is 0 Å². The zero-order chi connectivity index (χ0) is 19.4. The molecule has 2 N–H and O–H groups in total. The van der Waals surface area contributed by atoms with Crippen molar-refractivity contribution in [2.75, 3.05) is 19.0 Å². The summed E-state index contributed by atoms with van der Waals surface area (Å²) in [5, 5.41) is 5.45. The Bertz CT molecular complexity index is 890. The molecule has 0 unspecified atom stereocenters. The lowest BCUT2D eigenvalue weighted by atomic mass is 10.1. The lowest BCUT2D eigenvalue weighted by Crippen LogP contribution is -2.32. The van der Waals surface area contributed by atoms with Gasteiger partial charge in [-0.25, -0.2) is 4.79 Å². The van der Waals surface area contributed by atoms with Crippen LogP contribution in [0.3, 0.4) is 0 Å². The number of nitrogens with one attached hydrogen (secondary N) is 2. The number of hydrogen-bond acceptors (Lipinski definition) is 6. The number of methoxy groups -OCH3 is 1. The number of carbonyl (C=O) groups is 3. The number of anilines is 1. The molecular weight excluding hydrogens is 368 g/mol. The molecule has 0 bridgehead atoms. The average Bonchev–Trinajstić information content (AvgIpc) is 3.22. The molecule has 8 heteroatoms. The highest BCUT2D eigenvalue weighted by atomic mass is 32.1. The van der Waals surface area contributed by atoms with Crippen LogP contribution in [0.5, 0.6) is 5.75 Å². The van der Waals surface area contributed by atoms with Gasteiger partial charge in [0, 0.05) is 4.88 Å². The molecule has 0 saturated heterocycles. The van der Waals surface area contributed by atoms with Crippen LogP contribution in [-0.2, 0) is 17.6 Å². The summed E-state index contributed by atoms with van der Waals surface area (Å²) in [5.41, 5.74) is 1.59. The summed E-state index contributed by atoms with van der Waals surface area (Å²) in [6.45, 7) is 1.82. The van der Waals surface area contributed by atoms with E-state index in [4.69, 9.17) is 9.47 Å². The van der Waals surface area contributed by atoms with Crippen LogP contribution < -0.4 is 15.4 Å². The summed E-state index contributed by atoms with van der Waals surface area (Å²) < 4.78 is 10.0. The molecule has 1 aromatic heterocycles. The van der Waals surface area contributed by atoms with Gasteiger partial charge in [-0.2, -0.15) is 0 Å². The zero-order valence-electron chi connectivity index (χ0n) is 15.1. The van der Waals surface area contributed by atoms with Crippen LogP contribution in [0.1, 0.15) is 44.5 Å². The topological polar surface area (TPSA) is 93.7 Å². The summed E-state index contributed by atoms with van der Waals surface area (Å²) in [5.74, 6) is -0.502. The normalized spacial score (nSPS) is 12.2. The van der Waals surface area contributed by atoms with Crippen LogP contribution in [0.4, 0.5) is 9.80 Å². The maximum absolute atomic E-state index is 12.7. The Hall–Kier alpha value is -2.87. The van der Waals surface area contributed by atoms with Crippen LogP contribution in [-0.4, -0.2) is 31.6 Å². The molecule has 142 valence electrons. The fourth-order valence-corrected chi connectivity index (χ4v) is 4.34. The van der Waals surface area contributed by atoms with Gasteiger partial charge >= 0.3 is 6.09 Å². The number of ether oxygens (including phenoxy) is 2. The van der Waals surface area contributed by atoms with Crippen molar-refractivity contribution in [3.8, 4) is 5.75 Å². The molecular formula is C19H20N2O5S. The van der Waals surface area contributed by atoms with E-state index >= 15 is 0 Å². The number of rotatable bonds is 5. The third-order valence-corrected chi connectivity index (χ3v) is 5.43. The van der Waals surface area contributed by atoms with Gasteiger partial charge in [-0.05, 0) is 43.9 Å². The SMILES string of the molecule is CCOC(=O)NC(=O)c1c(NC(=O)c2ccccc2OC)sc2c1CCC2. The second-order valence-electron chi connectivity index (χ2n) is 5.89. The first kappa shape index (κ1) is 18.9. The largest absolute Gasteiger partial charge is 0.496 e. The van der Waals surface area contributed by atoms with Crippen molar-refractivity contribution in [3.63, 3.8) is 0 Å². The van der Waals surface area contributed by atoms with E-state index in [1.54, 1.807) is 31.2 Å². The predicted molar refractivity (Wildman–Crippen MR) is 102 cm³/mol. The number of alkyl carbamates (subject to hydrolysis) is 1. The number of aryl methyl sites for hydroxylation is 1. The predicted octanol–water partition coefficient (Wildman–Crippen LogP) is 3.38. The van der Waals surface area contributed by atoms with E-state index in [2.05, 4.69) is 10.6 Å². The Labute approximate surface area is 160 Å². The zero-order valence-corrected chi connectivity index (χ0v) is 15.9. The molecule has 0 aliphatic heterocycles. The minimum Gasteiger partial charge on any atom is -0.496 e. The third-order valence-electron chi connectivity index (χ3n) is 4.22. The number of fused-ring (bicyclic) bond motifs is 1. The number of benzene rings is 1. The van der Waals surface area contributed by atoms with Gasteiger partial charge in [-0.15, -0.1) is 11.3 Å². The number of imide groups is 1. The Balaban J connectivity index is 1.89. The Kier molecular flexibility index (Phi) is 5.75. The van der Waals surface area contributed by atoms with Gasteiger partial charge in [0.25, 0.3) is 11.8 Å². The van der Waals surface area contributed by atoms with Gasteiger partial charge < -0.3 is 14.8 Å². The summed E-state index contributed by atoms with van der Waals surface area (Å²) in [7, 11) is 1.49. The summed E-state index contributed by atoms with van der Waals surface area (Å²) in [6.07, 6.45) is 1.73. The van der Waals surface area contributed by atoms with E-state index in [0.717, 1.165) is 29.7 Å². The summed E-state index contributed by atoms with van der Waals surface area (Å²) >= 11 is 1.37. The smallest absolute Gasteiger partial charge is 0.414 e. The first-order chi connectivity index (χ1) is 13.0. The quantitative estimate of drug-likeness (QED) is 0.819. The van der Waals surface area contributed by atoms with E-state index in [1.165, 1.54) is 18.4 Å². The minimum absolute atomic E-state index is 0.165. The molecule has 1 heterocycles. The van der Waals surface area contributed by atoms with Crippen LogP contribution in [0, 0.1) is 0 Å². The summed E-state index contributed by atoms with van der Waals surface area (Å²) in [4.78, 5) is 38.0. The van der Waals surface area contributed by atoms with Crippen LogP contribution in [0.25, 0.3) is 0 Å². The summed E-state index contributed by atoms with van der Waals surface area (Å²) in [6, 6.07) is 6.85.